The van der Waals surface area contributed by atoms with Crippen LogP contribution in [0.5, 0.6) is 11.5 Å². The summed E-state index contributed by atoms with van der Waals surface area (Å²) in [6.45, 7) is 0. The number of para-hydroxylation sites is 1. The van der Waals surface area contributed by atoms with Gasteiger partial charge in [0.2, 0.25) is 15.6 Å². The van der Waals surface area contributed by atoms with Crippen LogP contribution in [0.25, 0.3) is 0 Å². The highest BCUT2D eigenvalue weighted by atomic mass is 35.5. The molecule has 158 valence electrons. The van der Waals surface area contributed by atoms with Gasteiger partial charge in [0.1, 0.15) is 4.91 Å². The van der Waals surface area contributed by atoms with Crippen LogP contribution in [-0.4, -0.2) is 28.4 Å². The lowest BCUT2D eigenvalue weighted by molar-refractivity contribution is 0.104. The van der Waals surface area contributed by atoms with Gasteiger partial charge in [-0.25, -0.2) is 8.42 Å². The lowest BCUT2D eigenvalue weighted by Gasteiger charge is -2.29. The van der Waals surface area contributed by atoms with Gasteiger partial charge in [-0.2, -0.15) is 0 Å². The van der Waals surface area contributed by atoms with Crippen LogP contribution >= 0.6 is 11.6 Å². The molecule has 0 unspecified atom stereocenters. The number of allylic oxidation sites excluding steroid dienone is 1. The fourth-order valence-electron chi connectivity index (χ4n) is 3.40. The number of benzene rings is 3. The van der Waals surface area contributed by atoms with Crippen LogP contribution in [0.3, 0.4) is 0 Å². The summed E-state index contributed by atoms with van der Waals surface area (Å²) in [5.74, 6) is 0.113. The maximum atomic E-state index is 13.3. The highest BCUT2D eigenvalue weighted by Gasteiger charge is 2.36. The summed E-state index contributed by atoms with van der Waals surface area (Å²) in [5, 5.41) is 0.490. The summed E-state index contributed by atoms with van der Waals surface area (Å²) in [6.07, 6.45) is 1.34. The van der Waals surface area contributed by atoms with Crippen molar-refractivity contribution in [2.24, 2.45) is 0 Å². The van der Waals surface area contributed by atoms with Crippen LogP contribution in [0, 0.1) is 0 Å². The zero-order valence-corrected chi connectivity index (χ0v) is 18.3. The molecule has 4 rings (SSSR count). The Labute approximate surface area is 185 Å². The first-order chi connectivity index (χ1) is 14.9. The fourth-order valence-corrected chi connectivity index (χ4v) is 5.13. The first kappa shape index (κ1) is 21.0. The number of anilines is 2. The lowest BCUT2D eigenvalue weighted by atomic mass is 10.1. The number of fused-ring (bicyclic) bond motifs is 1. The number of hydrogen-bond acceptors (Lipinski definition) is 6. The van der Waals surface area contributed by atoms with Gasteiger partial charge in [0, 0.05) is 22.5 Å². The van der Waals surface area contributed by atoms with E-state index < -0.39 is 15.6 Å². The predicted octanol–water partition coefficient (Wildman–Crippen LogP) is 5.01. The van der Waals surface area contributed by atoms with E-state index in [1.165, 1.54) is 38.6 Å². The number of carbonyl (C=O) groups excluding carboxylic acids is 1. The minimum atomic E-state index is -4.05. The van der Waals surface area contributed by atoms with Gasteiger partial charge in [-0.1, -0.05) is 29.8 Å². The molecule has 8 heteroatoms. The van der Waals surface area contributed by atoms with Crippen LogP contribution in [0.15, 0.2) is 82.7 Å². The van der Waals surface area contributed by atoms with Crippen LogP contribution in [0.1, 0.15) is 10.4 Å². The maximum Gasteiger partial charge on any atom is 0.214 e. The molecule has 3 aromatic rings. The summed E-state index contributed by atoms with van der Waals surface area (Å²) in [6, 6.07) is 18.0. The van der Waals surface area contributed by atoms with Crippen molar-refractivity contribution >= 4 is 38.6 Å². The van der Waals surface area contributed by atoms with E-state index >= 15 is 0 Å². The molecule has 0 aliphatic carbocycles. The average molecular weight is 456 g/mol. The average Bonchev–Trinajstić information content (AvgIpc) is 2.78. The second-order valence-electron chi connectivity index (χ2n) is 6.71. The topological polar surface area (TPSA) is 72.9 Å². The van der Waals surface area contributed by atoms with Crippen molar-refractivity contribution in [1.29, 1.82) is 0 Å². The number of Topliss-reactive ketones (excluding diaryl/α,β-unsaturated/α-hetero) is 1. The zero-order valence-electron chi connectivity index (χ0n) is 16.7. The third-order valence-corrected chi connectivity index (χ3v) is 6.94. The predicted molar refractivity (Wildman–Crippen MR) is 119 cm³/mol. The maximum absolute atomic E-state index is 13.3. The van der Waals surface area contributed by atoms with Gasteiger partial charge in [0.15, 0.2) is 11.5 Å². The number of ketones is 1. The van der Waals surface area contributed by atoms with Crippen molar-refractivity contribution in [3.63, 3.8) is 0 Å². The summed E-state index contributed by atoms with van der Waals surface area (Å²) >= 11 is 6.15. The van der Waals surface area contributed by atoms with E-state index in [1.807, 2.05) is 0 Å². The normalized spacial score (nSPS) is 14.4. The number of ether oxygens (including phenoxy) is 2. The van der Waals surface area contributed by atoms with Crippen LogP contribution in [0.2, 0.25) is 5.02 Å². The number of methoxy groups -OCH3 is 2. The van der Waals surface area contributed by atoms with E-state index in [0.717, 1.165) is 0 Å². The Bertz CT molecular complexity index is 1320. The summed E-state index contributed by atoms with van der Waals surface area (Å²) in [4.78, 5) is 14.7. The van der Waals surface area contributed by atoms with Crippen LogP contribution in [0.4, 0.5) is 11.4 Å². The molecule has 0 saturated heterocycles. The standard InChI is InChI=1S/C23H18ClNO5S/c1-29-19-11-10-15(12-20(19)30-2)23(26)22-14-25(17-7-5-6-16(24)13-17)18-8-3-4-9-21(18)31(22,27)28/h3-14H,1-2H3. The number of rotatable bonds is 5. The van der Waals surface area contributed by atoms with Crippen molar-refractivity contribution in [3.8, 4) is 11.5 Å². The second-order valence-corrected chi connectivity index (χ2v) is 9.04. The quantitative estimate of drug-likeness (QED) is 0.504. The molecule has 0 aromatic heterocycles. The van der Waals surface area contributed by atoms with Gasteiger partial charge in [-0.05, 0) is 48.5 Å². The molecule has 3 aromatic carbocycles. The second kappa shape index (κ2) is 8.09. The van der Waals surface area contributed by atoms with Gasteiger partial charge < -0.3 is 14.4 Å². The number of nitrogens with zero attached hydrogens (tertiary/aromatic N) is 1. The van der Waals surface area contributed by atoms with Crippen molar-refractivity contribution < 1.29 is 22.7 Å². The molecule has 6 nitrogen and oxygen atoms in total. The molecule has 0 radical (unpaired) electrons. The van der Waals surface area contributed by atoms with Gasteiger partial charge >= 0.3 is 0 Å². The Hall–Kier alpha value is -3.29. The highest BCUT2D eigenvalue weighted by Crippen LogP contribution is 2.41. The Morgan fingerprint density at radius 2 is 1.65 bits per heavy atom. The minimum Gasteiger partial charge on any atom is -0.493 e. The lowest BCUT2D eigenvalue weighted by Crippen LogP contribution is -2.25. The number of hydrogen-bond donors (Lipinski definition) is 0. The van der Waals surface area contributed by atoms with E-state index in [1.54, 1.807) is 53.4 Å². The molecule has 0 atom stereocenters. The molecular formula is C23H18ClNO5S. The molecule has 1 aliphatic heterocycles. The van der Waals surface area contributed by atoms with Crippen molar-refractivity contribution in [3.05, 3.63) is 88.4 Å². The third-order valence-electron chi connectivity index (χ3n) is 4.91. The fraction of sp³-hybridized carbons (Fsp3) is 0.0870. The van der Waals surface area contributed by atoms with E-state index in [4.69, 9.17) is 21.1 Å². The Morgan fingerprint density at radius 3 is 2.35 bits per heavy atom. The molecule has 0 bridgehead atoms. The van der Waals surface area contributed by atoms with E-state index in [0.29, 0.717) is 27.9 Å². The smallest absolute Gasteiger partial charge is 0.214 e. The minimum absolute atomic E-state index is 0.0429. The van der Waals surface area contributed by atoms with Crippen molar-refractivity contribution in [2.75, 3.05) is 19.1 Å². The van der Waals surface area contributed by atoms with Gasteiger partial charge in [-0.3, -0.25) is 4.79 Å². The van der Waals surface area contributed by atoms with E-state index in [2.05, 4.69) is 0 Å². The summed E-state index contributed by atoms with van der Waals surface area (Å²) in [5.41, 5.74) is 1.24. The summed E-state index contributed by atoms with van der Waals surface area (Å²) < 4.78 is 37.1. The molecule has 0 saturated carbocycles. The third kappa shape index (κ3) is 3.66. The number of sulfone groups is 1. The Balaban J connectivity index is 1.89. The number of carbonyl (C=O) groups is 1. The summed E-state index contributed by atoms with van der Waals surface area (Å²) in [7, 11) is -1.13. The molecule has 0 amide bonds. The van der Waals surface area contributed by atoms with Crippen molar-refractivity contribution in [2.45, 2.75) is 4.90 Å². The largest absolute Gasteiger partial charge is 0.493 e. The highest BCUT2D eigenvalue weighted by molar-refractivity contribution is 7.96. The molecule has 1 heterocycles. The first-order valence-corrected chi connectivity index (χ1v) is 11.1. The molecular weight excluding hydrogens is 438 g/mol. The molecule has 0 spiro atoms. The zero-order chi connectivity index (χ0) is 22.2. The molecule has 0 fully saturated rings. The van der Waals surface area contributed by atoms with E-state index in [9.17, 15) is 13.2 Å². The molecule has 1 aliphatic rings. The Kier molecular flexibility index (Phi) is 5.47. The van der Waals surface area contributed by atoms with Crippen LogP contribution in [-0.2, 0) is 9.84 Å². The van der Waals surface area contributed by atoms with E-state index in [-0.39, 0.29) is 15.4 Å². The number of halogens is 1. The van der Waals surface area contributed by atoms with Crippen LogP contribution < -0.4 is 14.4 Å². The first-order valence-electron chi connectivity index (χ1n) is 9.24. The van der Waals surface area contributed by atoms with Gasteiger partial charge in [0.05, 0.1) is 24.8 Å². The SMILES string of the molecule is COc1ccc(C(=O)C2=CN(c3cccc(Cl)c3)c3ccccc3S2(=O)=O)cc1OC. The molecule has 31 heavy (non-hydrogen) atoms. The monoisotopic (exact) mass is 455 g/mol. The van der Waals surface area contributed by atoms with Gasteiger partial charge in [0.25, 0.3) is 0 Å². The van der Waals surface area contributed by atoms with Gasteiger partial charge in [-0.15, -0.1) is 0 Å². The molecule has 0 N–H and O–H groups in total. The Morgan fingerprint density at radius 1 is 0.903 bits per heavy atom. The van der Waals surface area contributed by atoms with Crippen molar-refractivity contribution in [1.82, 2.24) is 0 Å².